The zero-order valence-corrected chi connectivity index (χ0v) is 15.6. The Kier molecular flexibility index (Phi) is 3.34. The Morgan fingerprint density at radius 3 is 2.54 bits per heavy atom. The topological polar surface area (TPSA) is 51.1 Å². The van der Waals surface area contributed by atoms with Crippen LogP contribution in [0, 0.1) is 10.7 Å². The molecule has 4 nitrogen and oxygen atoms in total. The quantitative estimate of drug-likeness (QED) is 0.323. The molecular formula is C21H15BrN3O+. The first-order valence-electron chi connectivity index (χ1n) is 8.47. The number of H-pyrrole nitrogens is 1. The van der Waals surface area contributed by atoms with E-state index in [2.05, 4.69) is 56.4 Å². The number of hydrogen-bond donors (Lipinski definition) is 1. The number of fused-ring (bicyclic) bond motifs is 3. The molecule has 0 spiro atoms. The zero-order valence-electron chi connectivity index (χ0n) is 14.0. The lowest BCUT2D eigenvalue weighted by molar-refractivity contribution is -0.523. The molecule has 1 N–H and O–H groups in total. The van der Waals surface area contributed by atoms with E-state index in [4.69, 9.17) is 0 Å². The molecule has 1 atom stereocenters. The average molecular weight is 405 g/mol. The van der Waals surface area contributed by atoms with Crippen LogP contribution in [0.25, 0.3) is 32.6 Å². The maximum atomic E-state index is 12.4. The van der Waals surface area contributed by atoms with E-state index in [9.17, 15) is 4.79 Å². The van der Waals surface area contributed by atoms with Crippen LogP contribution in [0.5, 0.6) is 0 Å². The highest BCUT2D eigenvalue weighted by atomic mass is 79.9. The summed E-state index contributed by atoms with van der Waals surface area (Å²) in [5, 5.41) is 11.0. The van der Waals surface area contributed by atoms with Gasteiger partial charge in [0.1, 0.15) is 10.9 Å². The molecule has 1 unspecified atom stereocenters. The molecule has 1 heterocycles. The Hall–Kier alpha value is -2.79. The number of carbonyl (C=O) groups is 1. The second-order valence-corrected chi connectivity index (χ2v) is 7.81. The van der Waals surface area contributed by atoms with E-state index in [1.54, 1.807) is 11.3 Å². The molecule has 126 valence electrons. The summed E-state index contributed by atoms with van der Waals surface area (Å²) in [6.45, 7) is 1.79. The van der Waals surface area contributed by atoms with Crippen molar-refractivity contribution < 1.29 is 9.16 Å². The molecule has 1 aliphatic heterocycles. The second-order valence-electron chi connectivity index (χ2n) is 6.44. The molecule has 5 heteroatoms. The highest BCUT2D eigenvalue weighted by Crippen LogP contribution is 2.30. The molecule has 0 radical (unpaired) electrons. The molecule has 5 rings (SSSR count). The van der Waals surface area contributed by atoms with Crippen molar-refractivity contribution >= 4 is 54.4 Å². The van der Waals surface area contributed by atoms with Gasteiger partial charge in [-0.2, -0.15) is 0 Å². The number of aromatic amines is 1. The van der Waals surface area contributed by atoms with Crippen LogP contribution >= 0.6 is 15.9 Å². The fourth-order valence-corrected chi connectivity index (χ4v) is 3.75. The molecule has 0 saturated carbocycles. The first-order chi connectivity index (χ1) is 12.6. The minimum absolute atomic E-state index is 0.211. The first-order valence-corrected chi connectivity index (χ1v) is 9.39. The van der Waals surface area contributed by atoms with E-state index in [0.29, 0.717) is 0 Å². The van der Waals surface area contributed by atoms with E-state index in [0.717, 1.165) is 32.5 Å². The number of benzene rings is 3. The molecule has 0 saturated heterocycles. The lowest BCUT2D eigenvalue weighted by Gasteiger charge is -1.95. The van der Waals surface area contributed by atoms with Gasteiger partial charge in [-0.05, 0) is 28.8 Å². The molecule has 0 aromatic heterocycles. The van der Waals surface area contributed by atoms with Crippen LogP contribution in [0.15, 0.2) is 65.8 Å². The molecule has 0 bridgehead atoms. The Bertz CT molecular complexity index is 1430. The van der Waals surface area contributed by atoms with Gasteiger partial charge in [0.05, 0.1) is 10.2 Å². The summed E-state index contributed by atoms with van der Waals surface area (Å²) in [7, 11) is 0. The van der Waals surface area contributed by atoms with Crippen molar-refractivity contribution in [3.63, 3.8) is 0 Å². The number of para-hydroxylation sites is 2. The van der Waals surface area contributed by atoms with Gasteiger partial charge in [-0.25, -0.2) is 0 Å². The molecule has 26 heavy (non-hydrogen) atoms. The molecule has 1 aliphatic carbocycles. The Morgan fingerprint density at radius 1 is 1.04 bits per heavy atom. The number of halogens is 1. The first kappa shape index (κ1) is 15.5. The van der Waals surface area contributed by atoms with Crippen LogP contribution < -0.4 is 4.36 Å². The Morgan fingerprint density at radius 2 is 1.77 bits per heavy atom. The van der Waals surface area contributed by atoms with E-state index in [1.165, 1.54) is 10.8 Å². The van der Waals surface area contributed by atoms with Crippen LogP contribution in [-0.4, -0.2) is 15.7 Å². The van der Waals surface area contributed by atoms with Crippen molar-refractivity contribution in [2.45, 2.75) is 11.8 Å². The third kappa shape index (κ3) is 2.10. The number of aromatic nitrogens is 2. The van der Waals surface area contributed by atoms with E-state index in [-0.39, 0.29) is 10.7 Å². The fourth-order valence-electron chi connectivity index (χ4n) is 3.66. The molecule has 1 amide bonds. The Labute approximate surface area is 156 Å². The van der Waals surface area contributed by atoms with Gasteiger partial charge in [-0.1, -0.05) is 58.4 Å². The van der Waals surface area contributed by atoms with Crippen LogP contribution in [0.3, 0.4) is 0 Å². The largest absolute Gasteiger partial charge is 0.344 e. The maximum absolute atomic E-state index is 12.4. The highest BCUT2D eigenvalue weighted by molar-refractivity contribution is 9.10. The normalized spacial score (nSPS) is 14.0. The predicted octanol–water partition coefficient (Wildman–Crippen LogP) is 4.55. The predicted molar refractivity (Wildman–Crippen MR) is 106 cm³/mol. The average Bonchev–Trinajstić information content (AvgIpc) is 2.97. The van der Waals surface area contributed by atoms with Gasteiger partial charge in [0.2, 0.25) is 0 Å². The van der Waals surface area contributed by atoms with Crippen LogP contribution in [0.1, 0.15) is 6.92 Å². The summed E-state index contributed by atoms with van der Waals surface area (Å²) >= 11 is 3.34. The number of hydrogen-bond acceptors (Lipinski definition) is 1. The van der Waals surface area contributed by atoms with Crippen LogP contribution in [0.2, 0.25) is 0 Å². The van der Waals surface area contributed by atoms with E-state index >= 15 is 0 Å². The summed E-state index contributed by atoms with van der Waals surface area (Å²) in [6.07, 6.45) is 0. The number of amides is 1. The van der Waals surface area contributed by atoms with E-state index < -0.39 is 0 Å². The smallest absolute Gasteiger partial charge is 0.322 e. The van der Waals surface area contributed by atoms with Crippen molar-refractivity contribution in [1.82, 2.24) is 4.98 Å². The van der Waals surface area contributed by atoms with Crippen molar-refractivity contribution in [2.24, 2.45) is 5.11 Å². The van der Waals surface area contributed by atoms with Crippen molar-refractivity contribution in [2.75, 3.05) is 0 Å². The number of alkyl halides is 1. The minimum Gasteiger partial charge on any atom is -0.344 e. The number of carbonyl (C=O) groups excluding carboxylic acids is 1. The minimum atomic E-state index is -0.340. The Balaban J connectivity index is 2.17. The lowest BCUT2D eigenvalue weighted by Crippen LogP contribution is -2.25. The number of nitrogens with zero attached hydrogens (tertiary/aromatic N) is 2. The molecule has 2 aliphatic rings. The van der Waals surface area contributed by atoms with Crippen molar-refractivity contribution in [3.05, 3.63) is 71.4 Å². The number of nitrogens with one attached hydrogen (secondary N) is 1. The van der Waals surface area contributed by atoms with Crippen LogP contribution in [0.4, 0.5) is 0 Å². The van der Waals surface area contributed by atoms with Gasteiger partial charge in [0, 0.05) is 22.0 Å². The summed E-state index contributed by atoms with van der Waals surface area (Å²) in [5.41, 5.74) is 1.81. The van der Waals surface area contributed by atoms with Gasteiger partial charge in [-0.3, -0.25) is 4.79 Å². The molecular weight excluding hydrogens is 390 g/mol. The third-order valence-electron chi connectivity index (χ3n) is 4.81. The fraction of sp³-hybridized carbons (Fsp3) is 0.0952. The summed E-state index contributed by atoms with van der Waals surface area (Å²) in [6, 6.07) is 20.5. The summed E-state index contributed by atoms with van der Waals surface area (Å²) < 4.78 is 1.79. The third-order valence-corrected chi connectivity index (χ3v) is 5.20. The standard InChI is InChI=1S/C21H14BrN3O/c1-12(22)21(26)24-25-17-11-3-2-10-16(17)23-19-14-8-4-6-13-7-5-9-15(18(13)14)20(19)25/h2-12H,1H3/p+1. The molecule has 0 fully saturated rings. The van der Waals surface area contributed by atoms with Gasteiger partial charge in [0.15, 0.2) is 0 Å². The van der Waals surface area contributed by atoms with Crippen LogP contribution in [-0.2, 0) is 4.79 Å². The SMILES string of the molecule is CC(Br)C(=O)N=[n+]1c2c3cccc4cccc(c=2[nH]c2ccccc21)c43. The number of rotatable bonds is 1. The van der Waals surface area contributed by atoms with Gasteiger partial charge >= 0.3 is 5.91 Å². The van der Waals surface area contributed by atoms with Gasteiger partial charge in [-0.15, -0.1) is 0 Å². The second kappa shape index (κ2) is 5.61. The molecule has 3 aromatic rings. The summed E-state index contributed by atoms with van der Waals surface area (Å²) in [5.74, 6) is -0.211. The van der Waals surface area contributed by atoms with Crippen molar-refractivity contribution in [1.29, 1.82) is 0 Å². The monoisotopic (exact) mass is 404 g/mol. The van der Waals surface area contributed by atoms with Gasteiger partial charge < -0.3 is 4.98 Å². The highest BCUT2D eigenvalue weighted by Gasteiger charge is 2.20. The summed E-state index contributed by atoms with van der Waals surface area (Å²) in [4.78, 5) is 15.6. The van der Waals surface area contributed by atoms with E-state index in [1.807, 2.05) is 30.3 Å². The molecule has 3 aromatic carbocycles. The lowest BCUT2D eigenvalue weighted by atomic mass is 10.1. The zero-order chi connectivity index (χ0) is 17.8. The van der Waals surface area contributed by atoms with Crippen molar-refractivity contribution in [3.8, 4) is 0 Å². The van der Waals surface area contributed by atoms with Gasteiger partial charge in [0.25, 0.3) is 10.9 Å². The maximum Gasteiger partial charge on any atom is 0.322 e.